The normalized spacial score (nSPS) is 25.7. The van der Waals surface area contributed by atoms with Crippen LogP contribution in [-0.2, 0) is 11.2 Å². The van der Waals surface area contributed by atoms with Crippen LogP contribution in [-0.4, -0.2) is 50.8 Å². The molecule has 0 aliphatic carbocycles. The van der Waals surface area contributed by atoms with Crippen LogP contribution in [0.3, 0.4) is 0 Å². The van der Waals surface area contributed by atoms with Crippen molar-refractivity contribution in [1.82, 2.24) is 10.2 Å². The topological polar surface area (TPSA) is 36.9 Å². The highest BCUT2D eigenvalue weighted by molar-refractivity contribution is 14.0. The van der Waals surface area contributed by atoms with Crippen LogP contribution in [0.5, 0.6) is 0 Å². The quantitative estimate of drug-likeness (QED) is 0.436. The Morgan fingerprint density at radius 2 is 2.39 bits per heavy atom. The third-order valence-electron chi connectivity index (χ3n) is 4.87. The first kappa shape index (κ1) is 19.0. The van der Waals surface area contributed by atoms with Gasteiger partial charge in [-0.25, -0.2) is 0 Å². The molecule has 1 aromatic rings. The fourth-order valence-electron chi connectivity index (χ4n) is 3.53. The average Bonchev–Trinajstić information content (AvgIpc) is 3.24. The number of thiophene rings is 1. The second-order valence-corrected chi connectivity index (χ2v) is 7.82. The van der Waals surface area contributed by atoms with E-state index in [0.717, 1.165) is 45.2 Å². The smallest absolute Gasteiger partial charge is 0.193 e. The first-order valence-electron chi connectivity index (χ1n) is 8.26. The molecule has 2 fully saturated rings. The molecule has 1 aromatic heterocycles. The largest absolute Gasteiger partial charge is 0.381 e. The van der Waals surface area contributed by atoms with Gasteiger partial charge in [0.05, 0.1) is 6.61 Å². The van der Waals surface area contributed by atoms with Gasteiger partial charge in [-0.05, 0) is 36.6 Å². The van der Waals surface area contributed by atoms with Crippen LogP contribution in [0.25, 0.3) is 0 Å². The molecule has 6 heteroatoms. The van der Waals surface area contributed by atoms with Gasteiger partial charge in [0.25, 0.3) is 0 Å². The van der Waals surface area contributed by atoms with Crippen molar-refractivity contribution in [3.8, 4) is 0 Å². The molecule has 1 spiro atoms. The molecule has 1 N–H and O–H groups in total. The summed E-state index contributed by atoms with van der Waals surface area (Å²) in [6, 6.07) is 4.35. The molecule has 0 saturated carbocycles. The van der Waals surface area contributed by atoms with Gasteiger partial charge in [-0.3, -0.25) is 4.99 Å². The molecule has 2 unspecified atom stereocenters. The summed E-state index contributed by atoms with van der Waals surface area (Å²) >= 11 is 1.85. The molecule has 3 rings (SSSR count). The van der Waals surface area contributed by atoms with Gasteiger partial charge in [0.1, 0.15) is 0 Å². The standard InChI is InChI=1S/C17H27N3OS.HI/c1-14(10-15-4-3-9-22-15)11-19-16(18-2)20-7-5-17(12-20)6-8-21-13-17;/h3-4,9,14H,5-8,10-13H2,1-2H3,(H,18,19);1H. The van der Waals surface area contributed by atoms with Crippen molar-refractivity contribution in [3.63, 3.8) is 0 Å². The summed E-state index contributed by atoms with van der Waals surface area (Å²) in [6.07, 6.45) is 3.58. The van der Waals surface area contributed by atoms with E-state index in [1.165, 1.54) is 17.7 Å². The van der Waals surface area contributed by atoms with Crippen molar-refractivity contribution < 1.29 is 4.74 Å². The van der Waals surface area contributed by atoms with Crippen molar-refractivity contribution in [2.24, 2.45) is 16.3 Å². The van der Waals surface area contributed by atoms with Crippen molar-refractivity contribution in [2.45, 2.75) is 26.2 Å². The molecule has 23 heavy (non-hydrogen) atoms. The molecule has 0 bridgehead atoms. The minimum Gasteiger partial charge on any atom is -0.381 e. The monoisotopic (exact) mass is 449 g/mol. The van der Waals surface area contributed by atoms with Crippen molar-refractivity contribution >= 4 is 41.3 Å². The third kappa shape index (κ3) is 4.82. The van der Waals surface area contributed by atoms with Crippen molar-refractivity contribution in [3.05, 3.63) is 22.4 Å². The first-order valence-corrected chi connectivity index (χ1v) is 9.14. The highest BCUT2D eigenvalue weighted by Gasteiger charge is 2.42. The Labute approximate surface area is 160 Å². The van der Waals surface area contributed by atoms with Gasteiger partial charge in [0.2, 0.25) is 0 Å². The Morgan fingerprint density at radius 3 is 3.04 bits per heavy atom. The van der Waals surface area contributed by atoms with Crippen LogP contribution in [0.1, 0.15) is 24.6 Å². The molecule has 2 aliphatic rings. The molecule has 0 aromatic carbocycles. The maximum atomic E-state index is 5.62. The van der Waals surface area contributed by atoms with Gasteiger partial charge in [-0.2, -0.15) is 0 Å². The second kappa shape index (κ2) is 8.67. The van der Waals surface area contributed by atoms with Crippen LogP contribution in [0.2, 0.25) is 0 Å². The van der Waals surface area contributed by atoms with Gasteiger partial charge in [0, 0.05) is 43.6 Å². The van der Waals surface area contributed by atoms with Gasteiger partial charge in [0.15, 0.2) is 5.96 Å². The number of rotatable bonds is 4. The van der Waals surface area contributed by atoms with Crippen LogP contribution in [0.15, 0.2) is 22.5 Å². The summed E-state index contributed by atoms with van der Waals surface area (Å²) in [5.41, 5.74) is 0.389. The minimum atomic E-state index is 0. The zero-order valence-electron chi connectivity index (χ0n) is 14.1. The third-order valence-corrected chi connectivity index (χ3v) is 5.77. The zero-order chi connectivity index (χ0) is 15.4. The number of guanidine groups is 1. The summed E-state index contributed by atoms with van der Waals surface area (Å²) in [4.78, 5) is 8.36. The molecule has 3 heterocycles. The average molecular weight is 449 g/mol. The molecule has 0 radical (unpaired) electrons. The van der Waals surface area contributed by atoms with E-state index >= 15 is 0 Å². The Hall–Kier alpha value is -0.340. The van der Waals surface area contributed by atoms with E-state index in [0.29, 0.717) is 11.3 Å². The van der Waals surface area contributed by atoms with E-state index in [1.807, 2.05) is 18.4 Å². The van der Waals surface area contributed by atoms with E-state index in [9.17, 15) is 0 Å². The molecule has 2 aliphatic heterocycles. The Balaban J connectivity index is 0.00000192. The number of ether oxygens (including phenoxy) is 1. The lowest BCUT2D eigenvalue weighted by Crippen LogP contribution is -2.43. The van der Waals surface area contributed by atoms with Crippen LogP contribution in [0, 0.1) is 11.3 Å². The predicted molar refractivity (Wildman–Crippen MR) is 108 cm³/mol. The highest BCUT2D eigenvalue weighted by atomic mass is 127. The van der Waals surface area contributed by atoms with Gasteiger partial charge < -0.3 is 15.0 Å². The van der Waals surface area contributed by atoms with E-state index in [1.54, 1.807) is 0 Å². The Kier molecular flexibility index (Phi) is 7.16. The fourth-order valence-corrected chi connectivity index (χ4v) is 4.40. The van der Waals surface area contributed by atoms with Crippen molar-refractivity contribution in [2.75, 3.05) is 39.9 Å². The predicted octanol–water partition coefficient (Wildman–Crippen LogP) is 3.23. The van der Waals surface area contributed by atoms with E-state index in [2.05, 4.69) is 39.6 Å². The van der Waals surface area contributed by atoms with Crippen molar-refractivity contribution in [1.29, 1.82) is 0 Å². The summed E-state index contributed by atoms with van der Waals surface area (Å²) < 4.78 is 5.62. The summed E-state index contributed by atoms with van der Waals surface area (Å²) in [7, 11) is 1.89. The first-order chi connectivity index (χ1) is 10.7. The summed E-state index contributed by atoms with van der Waals surface area (Å²) in [5, 5.41) is 5.72. The van der Waals surface area contributed by atoms with Crippen LogP contribution in [0.4, 0.5) is 0 Å². The molecule has 0 amide bonds. The highest BCUT2D eigenvalue weighted by Crippen LogP contribution is 2.38. The number of nitrogens with one attached hydrogen (secondary N) is 1. The van der Waals surface area contributed by atoms with Gasteiger partial charge in [-0.15, -0.1) is 35.3 Å². The number of hydrogen-bond donors (Lipinski definition) is 1. The molecular formula is C17H28IN3OS. The zero-order valence-corrected chi connectivity index (χ0v) is 17.2. The molecule has 2 saturated heterocycles. The van der Waals surface area contributed by atoms with Crippen LogP contribution >= 0.6 is 35.3 Å². The number of aliphatic imine (C=N–C) groups is 1. The van der Waals surface area contributed by atoms with Gasteiger partial charge in [-0.1, -0.05) is 13.0 Å². The maximum absolute atomic E-state index is 5.62. The summed E-state index contributed by atoms with van der Waals surface area (Å²) in [6.45, 7) is 7.32. The van der Waals surface area contributed by atoms with E-state index in [-0.39, 0.29) is 24.0 Å². The van der Waals surface area contributed by atoms with E-state index in [4.69, 9.17) is 4.74 Å². The van der Waals surface area contributed by atoms with Crippen LogP contribution < -0.4 is 5.32 Å². The molecular weight excluding hydrogens is 421 g/mol. The molecule has 2 atom stereocenters. The molecule has 4 nitrogen and oxygen atoms in total. The maximum Gasteiger partial charge on any atom is 0.193 e. The molecule has 130 valence electrons. The second-order valence-electron chi connectivity index (χ2n) is 6.79. The minimum absolute atomic E-state index is 0. The Bertz CT molecular complexity index is 500. The number of hydrogen-bond acceptors (Lipinski definition) is 3. The van der Waals surface area contributed by atoms with E-state index < -0.39 is 0 Å². The SMILES string of the molecule is CN=C(NCC(C)Cc1cccs1)N1CCC2(CCOC2)C1.I. The number of nitrogens with zero attached hydrogens (tertiary/aromatic N) is 2. The lowest BCUT2D eigenvalue weighted by Gasteiger charge is -2.25. The fraction of sp³-hybridized carbons (Fsp3) is 0.706. The van der Waals surface area contributed by atoms with Gasteiger partial charge >= 0.3 is 0 Å². The lowest BCUT2D eigenvalue weighted by atomic mass is 9.87. The summed E-state index contributed by atoms with van der Waals surface area (Å²) in [5.74, 6) is 1.67. The Morgan fingerprint density at radius 1 is 1.52 bits per heavy atom. The lowest BCUT2D eigenvalue weighted by molar-refractivity contribution is 0.156. The number of halogens is 1. The number of likely N-dealkylation sites (tertiary alicyclic amines) is 1.